The molecule has 14 aromatic carbocycles. The Balaban J connectivity index is 1.45. The van der Waals surface area contributed by atoms with Gasteiger partial charge < -0.3 is 22.9 Å². The van der Waals surface area contributed by atoms with Crippen molar-refractivity contribution in [1.29, 1.82) is 0 Å². The van der Waals surface area contributed by atoms with Crippen LogP contribution in [0, 0.1) is 0 Å². The van der Waals surface area contributed by atoms with Gasteiger partial charge in [0.05, 0.1) is 0 Å². The fraction of sp³-hybridized carbons (Fsp3) is 0. The Kier molecular flexibility index (Phi) is 11.1. The van der Waals surface area contributed by atoms with E-state index in [4.69, 9.17) is 22.9 Å². The van der Waals surface area contributed by atoms with Crippen LogP contribution in [0.15, 0.2) is 267 Å². The molecule has 0 fully saturated rings. The van der Waals surface area contributed by atoms with E-state index in [1.165, 1.54) is 0 Å². The highest BCUT2D eigenvalue weighted by Crippen LogP contribution is 2.61. The minimum atomic E-state index is 0.643. The minimum Gasteiger partial charge on any atom is -0.399 e. The van der Waals surface area contributed by atoms with Crippen molar-refractivity contribution in [3.05, 3.63) is 267 Å². The molecule has 0 radical (unpaired) electrons. The highest BCUT2D eigenvalue weighted by molar-refractivity contribution is 6.49. The molecule has 0 bridgehead atoms. The number of nitrogen functional groups attached to an aromatic ring is 4. The Labute approximate surface area is 453 Å². The molecule has 4 heteroatoms. The van der Waals surface area contributed by atoms with E-state index >= 15 is 0 Å². The third-order valence-corrected chi connectivity index (χ3v) is 15.8. The summed E-state index contributed by atoms with van der Waals surface area (Å²) < 4.78 is 0. The zero-order valence-corrected chi connectivity index (χ0v) is 42.7. The second kappa shape index (κ2) is 18.7. The van der Waals surface area contributed by atoms with Crippen molar-refractivity contribution in [2.75, 3.05) is 22.9 Å². The molecule has 14 rings (SSSR count). The summed E-state index contributed by atoms with van der Waals surface area (Å²) in [6.45, 7) is 0. The molecule has 14 aromatic rings. The third-order valence-electron chi connectivity index (χ3n) is 15.8. The van der Waals surface area contributed by atoms with E-state index in [1.807, 2.05) is 12.1 Å². The van der Waals surface area contributed by atoms with Crippen LogP contribution in [0.2, 0.25) is 0 Å². The number of fused-ring (bicyclic) bond motifs is 11. The summed E-state index contributed by atoms with van der Waals surface area (Å²) in [6.07, 6.45) is 0. The van der Waals surface area contributed by atoms with E-state index in [0.717, 1.165) is 143 Å². The molecule has 0 heterocycles. The van der Waals surface area contributed by atoms with Gasteiger partial charge in [-0.3, -0.25) is 0 Å². The van der Waals surface area contributed by atoms with Gasteiger partial charge in [-0.05, 0) is 84.3 Å². The first-order chi connectivity index (χ1) is 38.5. The lowest BCUT2D eigenvalue weighted by Crippen LogP contribution is -2.05. The van der Waals surface area contributed by atoms with Gasteiger partial charge in [0.15, 0.2) is 0 Å². The highest BCUT2D eigenvalue weighted by atomic mass is 14.6. The second-order valence-corrected chi connectivity index (χ2v) is 20.2. The van der Waals surface area contributed by atoms with Gasteiger partial charge in [-0.25, -0.2) is 0 Å². The van der Waals surface area contributed by atoms with Crippen molar-refractivity contribution < 1.29 is 0 Å². The number of hydrogen-bond donors (Lipinski definition) is 4. The first kappa shape index (κ1) is 46.1. The summed E-state index contributed by atoms with van der Waals surface area (Å²) in [7, 11) is 0. The third kappa shape index (κ3) is 7.22. The summed E-state index contributed by atoms with van der Waals surface area (Å²) in [5, 5.41) is 10.1. The monoisotopic (exact) mass is 996 g/mol. The van der Waals surface area contributed by atoms with Crippen molar-refractivity contribution in [3.63, 3.8) is 0 Å². The van der Waals surface area contributed by atoms with Gasteiger partial charge in [0.1, 0.15) is 0 Å². The largest absolute Gasteiger partial charge is 0.399 e. The predicted octanol–water partition coefficient (Wildman–Crippen LogP) is 19.1. The van der Waals surface area contributed by atoms with E-state index in [0.29, 0.717) is 22.7 Å². The SMILES string of the molecule is Nc1ccc2c3cc(-c4ccccc4)c(N)c(-c4ccccc4)c3c3c4c(-c5ccccc5)c(N)c(-c5ccccc5)c(-c5ccccc5)c4c4c(-c5ccccc5)c(-c5ccccc5)c(N)c(-c5ccccc5)c4c3c2c1. The molecular weight excluding hydrogens is 945 g/mol. The Morgan fingerprint density at radius 3 is 0.833 bits per heavy atom. The van der Waals surface area contributed by atoms with Gasteiger partial charge in [0.25, 0.3) is 0 Å². The average Bonchev–Trinajstić information content (AvgIpc) is 2.66. The van der Waals surface area contributed by atoms with Crippen LogP contribution < -0.4 is 22.9 Å². The molecule has 0 saturated carbocycles. The summed E-state index contributed by atoms with van der Waals surface area (Å²) in [5.74, 6) is 0. The smallest absolute Gasteiger partial charge is 0.0486 e. The summed E-state index contributed by atoms with van der Waals surface area (Å²) in [4.78, 5) is 0. The number of benzene rings is 14. The molecule has 4 nitrogen and oxygen atoms in total. The van der Waals surface area contributed by atoms with E-state index in [9.17, 15) is 0 Å². The summed E-state index contributed by atoms with van der Waals surface area (Å²) >= 11 is 0. The molecule has 0 amide bonds. The van der Waals surface area contributed by atoms with Crippen LogP contribution in [-0.2, 0) is 0 Å². The lowest BCUT2D eigenvalue weighted by molar-refractivity contribution is 1.58. The fourth-order valence-corrected chi connectivity index (χ4v) is 12.6. The van der Waals surface area contributed by atoms with Crippen molar-refractivity contribution in [2.45, 2.75) is 0 Å². The number of nitrogens with two attached hydrogens (primary N) is 4. The Bertz CT molecular complexity index is 4630. The lowest BCUT2D eigenvalue weighted by Gasteiger charge is -2.30. The molecule has 368 valence electrons. The maximum Gasteiger partial charge on any atom is 0.0486 e. The standard InChI is InChI=1S/C74H52N4/c75-53-41-42-54-56(43-53)66-69-63(51-37-21-7-22-38-51)73(77)60(48-31-15-4-16-32-48)58(46-27-11-2-12-28-46)67(69)68-59(47-29-13-3-14-30-47)61(49-33-17-5-18-34-49)74(78)64(52-39-23-8-24-40-52)70(68)71(66)65-57(54)44-55(45-25-9-1-10-26-45)72(76)62(65)50-35-19-6-20-36-50/h1-44H,75-78H2. The Morgan fingerprint density at radius 2 is 0.462 bits per heavy atom. The van der Waals surface area contributed by atoms with Crippen LogP contribution in [0.5, 0.6) is 0 Å². The predicted molar refractivity (Wildman–Crippen MR) is 335 cm³/mol. The van der Waals surface area contributed by atoms with Gasteiger partial charge in [0, 0.05) is 99.6 Å². The van der Waals surface area contributed by atoms with Crippen LogP contribution in [0.4, 0.5) is 22.7 Å². The number of anilines is 4. The number of rotatable bonds is 8. The maximum atomic E-state index is 8.20. The van der Waals surface area contributed by atoms with Gasteiger partial charge in [-0.2, -0.15) is 0 Å². The van der Waals surface area contributed by atoms with Crippen LogP contribution in [0.3, 0.4) is 0 Å². The topological polar surface area (TPSA) is 104 Å². The quantitative estimate of drug-likeness (QED) is 0.0899. The maximum absolute atomic E-state index is 8.20. The van der Waals surface area contributed by atoms with E-state index in [1.54, 1.807) is 0 Å². The van der Waals surface area contributed by atoms with Gasteiger partial charge in [0.2, 0.25) is 0 Å². The lowest BCUT2D eigenvalue weighted by atomic mass is 9.73. The van der Waals surface area contributed by atoms with Crippen LogP contribution in [0.25, 0.3) is 143 Å². The first-order valence-electron chi connectivity index (χ1n) is 26.5. The van der Waals surface area contributed by atoms with Crippen molar-refractivity contribution >= 4 is 76.6 Å². The van der Waals surface area contributed by atoms with Gasteiger partial charge >= 0.3 is 0 Å². The molecule has 0 aliphatic rings. The van der Waals surface area contributed by atoms with Crippen molar-refractivity contribution in [1.82, 2.24) is 0 Å². The molecule has 0 unspecified atom stereocenters. The Morgan fingerprint density at radius 1 is 0.179 bits per heavy atom. The van der Waals surface area contributed by atoms with E-state index in [-0.39, 0.29) is 0 Å². The summed E-state index contributed by atoms with van der Waals surface area (Å²) in [5.41, 5.74) is 49.7. The number of hydrogen-bond acceptors (Lipinski definition) is 4. The molecular formula is C74H52N4. The molecule has 0 spiro atoms. The van der Waals surface area contributed by atoms with E-state index in [2.05, 4.69) is 255 Å². The Hall–Kier alpha value is -10.4. The van der Waals surface area contributed by atoms with Gasteiger partial charge in [-0.1, -0.05) is 249 Å². The molecule has 0 aromatic heterocycles. The van der Waals surface area contributed by atoms with Gasteiger partial charge in [-0.15, -0.1) is 0 Å². The molecule has 8 N–H and O–H groups in total. The fourth-order valence-electron chi connectivity index (χ4n) is 12.6. The van der Waals surface area contributed by atoms with E-state index < -0.39 is 0 Å². The summed E-state index contributed by atoms with van der Waals surface area (Å²) in [6, 6.07) is 94.1. The second-order valence-electron chi connectivity index (χ2n) is 20.2. The molecule has 78 heavy (non-hydrogen) atoms. The van der Waals surface area contributed by atoms with Crippen molar-refractivity contribution in [3.8, 4) is 89.0 Å². The first-order valence-corrected chi connectivity index (χ1v) is 26.5. The zero-order valence-electron chi connectivity index (χ0n) is 42.7. The van der Waals surface area contributed by atoms with Crippen LogP contribution in [-0.4, -0.2) is 0 Å². The van der Waals surface area contributed by atoms with Crippen LogP contribution in [0.1, 0.15) is 0 Å². The molecule has 0 saturated heterocycles. The molecule has 0 atom stereocenters. The highest BCUT2D eigenvalue weighted by Gasteiger charge is 2.33. The normalized spacial score (nSPS) is 11.5. The molecule has 0 aliphatic carbocycles. The zero-order chi connectivity index (χ0) is 52.4. The van der Waals surface area contributed by atoms with Crippen molar-refractivity contribution in [2.24, 2.45) is 0 Å². The average molecular weight is 997 g/mol. The van der Waals surface area contributed by atoms with Crippen LogP contribution >= 0.6 is 0 Å². The molecule has 0 aliphatic heterocycles. The minimum absolute atomic E-state index is 0.643.